The molecule has 0 bridgehead atoms. The normalized spacial score (nSPS) is 9.87. The van der Waals surface area contributed by atoms with Gasteiger partial charge in [0.15, 0.2) is 17.3 Å². The number of carbonyl (C=O) groups is 1. The number of halogens is 1. The van der Waals surface area contributed by atoms with Crippen molar-refractivity contribution in [3.8, 4) is 11.5 Å². The maximum Gasteiger partial charge on any atom is 0.171 e. The Labute approximate surface area is 93.9 Å². The van der Waals surface area contributed by atoms with Crippen LogP contribution in [0.15, 0.2) is 12.1 Å². The highest BCUT2D eigenvalue weighted by Crippen LogP contribution is 2.34. The van der Waals surface area contributed by atoms with E-state index in [1.807, 2.05) is 6.92 Å². The number of Topliss-reactive ketones (excluding diaryl/α,β-unsaturated/α-hetero) is 1. The van der Waals surface area contributed by atoms with Gasteiger partial charge in [-0.05, 0) is 19.9 Å². The van der Waals surface area contributed by atoms with Crippen LogP contribution in [0.1, 0.15) is 24.2 Å². The average Bonchev–Trinajstić information content (AvgIpc) is 2.19. The molecule has 0 N–H and O–H groups in total. The summed E-state index contributed by atoms with van der Waals surface area (Å²) in [5.74, 6) is 0.839. The standard InChI is InChI=1S/C11H13ClO3/c1-4-15-11-9(7(2)13)5-8(12)6-10(11)14-3/h5-6H,4H2,1-3H3. The van der Waals surface area contributed by atoms with Gasteiger partial charge in [0.25, 0.3) is 0 Å². The first kappa shape index (κ1) is 11.9. The van der Waals surface area contributed by atoms with Gasteiger partial charge < -0.3 is 9.47 Å². The maximum absolute atomic E-state index is 11.4. The summed E-state index contributed by atoms with van der Waals surface area (Å²) in [4.78, 5) is 11.4. The molecule has 4 heteroatoms. The zero-order chi connectivity index (χ0) is 11.4. The molecule has 0 aliphatic heterocycles. The summed E-state index contributed by atoms with van der Waals surface area (Å²) >= 11 is 5.86. The number of benzene rings is 1. The van der Waals surface area contributed by atoms with E-state index in [0.29, 0.717) is 28.7 Å². The Kier molecular flexibility index (Phi) is 3.97. The van der Waals surface area contributed by atoms with E-state index < -0.39 is 0 Å². The fourth-order valence-electron chi connectivity index (χ4n) is 1.27. The molecule has 0 aliphatic rings. The zero-order valence-electron chi connectivity index (χ0n) is 8.96. The molecule has 0 radical (unpaired) electrons. The van der Waals surface area contributed by atoms with Gasteiger partial charge in [-0.25, -0.2) is 0 Å². The van der Waals surface area contributed by atoms with Crippen LogP contribution in [-0.2, 0) is 0 Å². The molecule has 1 aromatic carbocycles. The number of methoxy groups -OCH3 is 1. The van der Waals surface area contributed by atoms with Crippen molar-refractivity contribution in [2.45, 2.75) is 13.8 Å². The molecule has 0 atom stereocenters. The monoisotopic (exact) mass is 228 g/mol. The third-order valence-electron chi connectivity index (χ3n) is 1.91. The summed E-state index contributed by atoms with van der Waals surface area (Å²) in [5.41, 5.74) is 0.446. The van der Waals surface area contributed by atoms with Crippen LogP contribution < -0.4 is 9.47 Å². The van der Waals surface area contributed by atoms with Crippen LogP contribution in [0.25, 0.3) is 0 Å². The van der Waals surface area contributed by atoms with E-state index >= 15 is 0 Å². The lowest BCUT2D eigenvalue weighted by Gasteiger charge is -2.12. The molecular weight excluding hydrogens is 216 g/mol. The first-order valence-corrected chi connectivity index (χ1v) is 4.99. The molecule has 3 nitrogen and oxygen atoms in total. The van der Waals surface area contributed by atoms with Gasteiger partial charge in [0, 0.05) is 11.1 Å². The zero-order valence-corrected chi connectivity index (χ0v) is 9.72. The van der Waals surface area contributed by atoms with Crippen LogP contribution in [-0.4, -0.2) is 19.5 Å². The van der Waals surface area contributed by atoms with Gasteiger partial charge in [0.2, 0.25) is 0 Å². The predicted molar refractivity (Wildman–Crippen MR) is 59.2 cm³/mol. The van der Waals surface area contributed by atoms with Crippen molar-refractivity contribution in [2.75, 3.05) is 13.7 Å². The summed E-state index contributed by atoms with van der Waals surface area (Å²) < 4.78 is 10.5. The Hall–Kier alpha value is -1.22. The number of hydrogen-bond acceptors (Lipinski definition) is 3. The number of ether oxygens (including phenoxy) is 2. The molecule has 0 fully saturated rings. The maximum atomic E-state index is 11.4. The molecule has 0 saturated carbocycles. The second-order valence-electron chi connectivity index (χ2n) is 2.97. The van der Waals surface area contributed by atoms with E-state index in [1.54, 1.807) is 12.1 Å². The Balaban J connectivity index is 3.33. The molecule has 82 valence electrons. The van der Waals surface area contributed by atoms with Crippen molar-refractivity contribution < 1.29 is 14.3 Å². The lowest BCUT2D eigenvalue weighted by atomic mass is 10.1. The Bertz CT molecular complexity index is 374. The molecule has 0 aliphatic carbocycles. The Morgan fingerprint density at radius 3 is 2.60 bits per heavy atom. The van der Waals surface area contributed by atoms with Crippen molar-refractivity contribution in [3.05, 3.63) is 22.7 Å². The third kappa shape index (κ3) is 2.63. The third-order valence-corrected chi connectivity index (χ3v) is 2.13. The van der Waals surface area contributed by atoms with Crippen LogP contribution in [0.4, 0.5) is 0 Å². The molecule has 15 heavy (non-hydrogen) atoms. The van der Waals surface area contributed by atoms with Crippen LogP contribution >= 0.6 is 11.6 Å². The van der Waals surface area contributed by atoms with Crippen molar-refractivity contribution in [2.24, 2.45) is 0 Å². The van der Waals surface area contributed by atoms with Crippen LogP contribution in [0.3, 0.4) is 0 Å². The lowest BCUT2D eigenvalue weighted by Crippen LogP contribution is -2.03. The van der Waals surface area contributed by atoms with Crippen molar-refractivity contribution in [3.63, 3.8) is 0 Å². The SMILES string of the molecule is CCOc1c(OC)cc(Cl)cc1C(C)=O. The Morgan fingerprint density at radius 1 is 1.47 bits per heavy atom. The van der Waals surface area contributed by atoms with Gasteiger partial charge >= 0.3 is 0 Å². The van der Waals surface area contributed by atoms with E-state index in [0.717, 1.165) is 0 Å². The molecule has 0 unspecified atom stereocenters. The van der Waals surface area contributed by atoms with Gasteiger partial charge in [-0.1, -0.05) is 11.6 Å². The molecule has 1 rings (SSSR count). The molecule has 1 aromatic rings. The summed E-state index contributed by atoms with van der Waals surface area (Å²) in [7, 11) is 1.51. The second kappa shape index (κ2) is 5.03. The summed E-state index contributed by atoms with van der Waals surface area (Å²) in [6.45, 7) is 3.78. The van der Waals surface area contributed by atoms with Crippen molar-refractivity contribution in [1.29, 1.82) is 0 Å². The van der Waals surface area contributed by atoms with Crippen LogP contribution in [0, 0.1) is 0 Å². The molecule has 0 aromatic heterocycles. The molecular formula is C11H13ClO3. The summed E-state index contributed by atoms with van der Waals surface area (Å²) in [6.07, 6.45) is 0. The minimum absolute atomic E-state index is 0.0979. The van der Waals surface area contributed by atoms with Gasteiger partial charge in [-0.2, -0.15) is 0 Å². The van der Waals surface area contributed by atoms with E-state index in [9.17, 15) is 4.79 Å². The summed E-state index contributed by atoms with van der Waals surface area (Å²) in [6, 6.07) is 3.20. The van der Waals surface area contributed by atoms with Crippen LogP contribution in [0.5, 0.6) is 11.5 Å². The van der Waals surface area contributed by atoms with Gasteiger partial charge in [-0.3, -0.25) is 4.79 Å². The van der Waals surface area contributed by atoms with E-state index in [-0.39, 0.29) is 5.78 Å². The number of hydrogen-bond donors (Lipinski definition) is 0. The van der Waals surface area contributed by atoms with Gasteiger partial charge in [0.1, 0.15) is 0 Å². The number of rotatable bonds is 4. The molecule has 0 saturated heterocycles. The number of carbonyl (C=O) groups excluding carboxylic acids is 1. The topological polar surface area (TPSA) is 35.5 Å². The fourth-order valence-corrected chi connectivity index (χ4v) is 1.48. The van der Waals surface area contributed by atoms with E-state index in [4.69, 9.17) is 21.1 Å². The predicted octanol–water partition coefficient (Wildman–Crippen LogP) is 2.95. The highest BCUT2D eigenvalue weighted by molar-refractivity contribution is 6.31. The van der Waals surface area contributed by atoms with E-state index in [1.165, 1.54) is 14.0 Å². The minimum atomic E-state index is -0.0979. The fraction of sp³-hybridized carbons (Fsp3) is 0.364. The summed E-state index contributed by atoms with van der Waals surface area (Å²) in [5, 5.41) is 0.459. The smallest absolute Gasteiger partial charge is 0.171 e. The molecule has 0 heterocycles. The first-order valence-electron chi connectivity index (χ1n) is 4.61. The molecule has 0 amide bonds. The largest absolute Gasteiger partial charge is 0.493 e. The second-order valence-corrected chi connectivity index (χ2v) is 3.41. The first-order chi connectivity index (χ1) is 7.10. The minimum Gasteiger partial charge on any atom is -0.493 e. The highest BCUT2D eigenvalue weighted by atomic mass is 35.5. The lowest BCUT2D eigenvalue weighted by molar-refractivity contribution is 0.101. The Morgan fingerprint density at radius 2 is 2.13 bits per heavy atom. The van der Waals surface area contributed by atoms with Gasteiger partial charge in [-0.15, -0.1) is 0 Å². The quantitative estimate of drug-likeness (QED) is 0.744. The van der Waals surface area contributed by atoms with Crippen LogP contribution in [0.2, 0.25) is 5.02 Å². The van der Waals surface area contributed by atoms with E-state index in [2.05, 4.69) is 0 Å². The highest BCUT2D eigenvalue weighted by Gasteiger charge is 2.15. The average molecular weight is 229 g/mol. The number of ketones is 1. The van der Waals surface area contributed by atoms with Crippen molar-refractivity contribution in [1.82, 2.24) is 0 Å². The van der Waals surface area contributed by atoms with Gasteiger partial charge in [0.05, 0.1) is 19.3 Å². The van der Waals surface area contributed by atoms with Crippen molar-refractivity contribution >= 4 is 17.4 Å². The molecule has 0 spiro atoms.